The number of unbranched alkanes of at least 4 members (excludes halogenated alkanes) is 2. The molecule has 0 spiro atoms. The van der Waals surface area contributed by atoms with E-state index in [0.717, 1.165) is 12.8 Å². The maximum atomic E-state index is 10.7. The van der Waals surface area contributed by atoms with Gasteiger partial charge in [-0.25, -0.2) is 4.57 Å². The van der Waals surface area contributed by atoms with Gasteiger partial charge in [0.2, 0.25) is 0 Å². The van der Waals surface area contributed by atoms with E-state index in [4.69, 9.17) is 32.1 Å². The average Bonchev–Trinajstić information content (AvgIpc) is 2.19. The monoisotopic (exact) mass is 296 g/mol. The molecule has 0 amide bonds. The van der Waals surface area contributed by atoms with Gasteiger partial charge in [-0.1, -0.05) is 6.42 Å². The van der Waals surface area contributed by atoms with Crippen LogP contribution in [0.4, 0.5) is 0 Å². The molecule has 0 aliphatic carbocycles. The minimum absolute atomic E-state index is 0.0963. The maximum Gasteiger partial charge on any atom is 0.471 e. The number of phosphoric acid groups is 1. The lowest BCUT2D eigenvalue weighted by Gasteiger charge is -2.19. The Morgan fingerprint density at radius 3 is 2.32 bits per heavy atom. The summed E-state index contributed by atoms with van der Waals surface area (Å²) in [7, 11) is -4.62. The van der Waals surface area contributed by atoms with Crippen LogP contribution < -0.4 is 22.1 Å². The summed E-state index contributed by atoms with van der Waals surface area (Å²) < 4.78 is 15.2. The zero-order chi connectivity index (χ0) is 14.9. The van der Waals surface area contributed by atoms with Crippen LogP contribution in [0.2, 0.25) is 0 Å². The Bertz CT molecular complexity index is 346. The van der Waals surface area contributed by atoms with Crippen LogP contribution in [0.25, 0.3) is 0 Å². The van der Waals surface area contributed by atoms with Gasteiger partial charge in [0.15, 0.2) is 11.9 Å². The largest absolute Gasteiger partial charge is 0.471 e. The van der Waals surface area contributed by atoms with Crippen molar-refractivity contribution >= 4 is 19.7 Å². The lowest BCUT2D eigenvalue weighted by molar-refractivity contribution is 0.114. The number of nitrogens with two attached hydrogens (primary N) is 2. The molecule has 0 rings (SSSR count). The molecule has 0 radical (unpaired) electrons. The number of hydrogen-bond acceptors (Lipinski definition) is 4. The second-order valence-electron chi connectivity index (χ2n) is 3.83. The quantitative estimate of drug-likeness (QED) is 0.0868. The van der Waals surface area contributed by atoms with Crippen molar-refractivity contribution in [2.75, 3.05) is 6.54 Å². The van der Waals surface area contributed by atoms with Crippen LogP contribution in [0.5, 0.6) is 0 Å². The van der Waals surface area contributed by atoms with Crippen LogP contribution in [0.1, 0.15) is 25.7 Å². The first-order chi connectivity index (χ1) is 8.70. The van der Waals surface area contributed by atoms with E-state index in [2.05, 4.69) is 15.2 Å². The Labute approximate surface area is 111 Å². The Hall–Kier alpha value is -1.35. The van der Waals surface area contributed by atoms with Gasteiger partial charge in [-0.15, -0.1) is 0 Å². The molecule has 19 heavy (non-hydrogen) atoms. The van der Waals surface area contributed by atoms with Gasteiger partial charge in [0.1, 0.15) is 6.23 Å². The van der Waals surface area contributed by atoms with Crippen molar-refractivity contribution in [1.29, 1.82) is 10.8 Å². The van der Waals surface area contributed by atoms with Crippen molar-refractivity contribution in [3.05, 3.63) is 0 Å². The molecule has 10 nitrogen and oxygen atoms in total. The van der Waals surface area contributed by atoms with Gasteiger partial charge in [-0.2, -0.15) is 0 Å². The molecular formula is C8H21N6O4P. The molecule has 0 aliphatic rings. The molecule has 112 valence electrons. The first kappa shape index (κ1) is 17.6. The van der Waals surface area contributed by atoms with Gasteiger partial charge in [-0.05, 0) is 19.3 Å². The predicted molar refractivity (Wildman–Crippen MR) is 70.4 cm³/mol. The molecular weight excluding hydrogens is 275 g/mol. The Morgan fingerprint density at radius 2 is 1.84 bits per heavy atom. The zero-order valence-corrected chi connectivity index (χ0v) is 11.3. The van der Waals surface area contributed by atoms with Crippen LogP contribution >= 0.6 is 7.82 Å². The Kier molecular flexibility index (Phi) is 8.08. The normalized spacial score (nSPS) is 12.7. The lowest BCUT2D eigenvalue weighted by atomic mass is 10.2. The Morgan fingerprint density at radius 1 is 1.21 bits per heavy atom. The third-order valence-electron chi connectivity index (χ3n) is 2.04. The fraction of sp³-hybridized carbons (Fsp3) is 0.750. The first-order valence-corrected chi connectivity index (χ1v) is 7.16. The predicted octanol–water partition coefficient (Wildman–Crippen LogP) is -1.05. The summed E-state index contributed by atoms with van der Waals surface area (Å²) in [6.45, 7) is 0.555. The van der Waals surface area contributed by atoms with E-state index in [1.165, 1.54) is 0 Å². The Balaban J connectivity index is 3.89. The fourth-order valence-corrected chi connectivity index (χ4v) is 1.83. The third-order valence-corrected chi connectivity index (χ3v) is 2.57. The van der Waals surface area contributed by atoms with Crippen molar-refractivity contribution in [2.45, 2.75) is 31.9 Å². The number of nitrogens with one attached hydrogen (secondary N) is 4. The van der Waals surface area contributed by atoms with Crippen molar-refractivity contribution in [3.63, 3.8) is 0 Å². The van der Waals surface area contributed by atoms with Gasteiger partial charge < -0.3 is 31.9 Å². The van der Waals surface area contributed by atoms with Gasteiger partial charge in [0.25, 0.3) is 0 Å². The number of guanidine groups is 2. The second-order valence-corrected chi connectivity index (χ2v) is 5.02. The van der Waals surface area contributed by atoms with Crippen LogP contribution in [-0.4, -0.2) is 34.5 Å². The van der Waals surface area contributed by atoms with E-state index in [1.54, 1.807) is 0 Å². The average molecular weight is 296 g/mol. The summed E-state index contributed by atoms with van der Waals surface area (Å²) in [4.78, 5) is 17.4. The molecule has 0 heterocycles. The molecule has 10 N–H and O–H groups in total. The molecule has 0 saturated carbocycles. The maximum absolute atomic E-state index is 10.7. The lowest BCUT2D eigenvalue weighted by Crippen LogP contribution is -2.40. The highest BCUT2D eigenvalue weighted by atomic mass is 31.2. The highest BCUT2D eigenvalue weighted by Gasteiger charge is 2.21. The fourth-order valence-electron chi connectivity index (χ4n) is 1.34. The van der Waals surface area contributed by atoms with E-state index in [0.29, 0.717) is 19.4 Å². The first-order valence-electron chi connectivity index (χ1n) is 5.63. The van der Waals surface area contributed by atoms with Gasteiger partial charge in [-0.3, -0.25) is 15.3 Å². The third kappa shape index (κ3) is 12.9. The highest BCUT2D eigenvalue weighted by Crippen LogP contribution is 2.37. The highest BCUT2D eigenvalue weighted by molar-refractivity contribution is 7.46. The number of hydrogen-bond donors (Lipinski definition) is 8. The summed E-state index contributed by atoms with van der Waals surface area (Å²) in [6, 6.07) is 0. The van der Waals surface area contributed by atoms with Crippen LogP contribution in [-0.2, 0) is 9.09 Å². The molecule has 0 saturated heterocycles. The topological polar surface area (TPSA) is 191 Å². The molecule has 11 heteroatoms. The van der Waals surface area contributed by atoms with E-state index in [1.807, 2.05) is 0 Å². The number of rotatable bonds is 9. The second kappa shape index (κ2) is 8.70. The van der Waals surface area contributed by atoms with Crippen LogP contribution in [0.15, 0.2) is 0 Å². The molecule has 0 aromatic heterocycles. The molecule has 0 aliphatic heterocycles. The van der Waals surface area contributed by atoms with Gasteiger partial charge in [0.05, 0.1) is 0 Å². The molecule has 0 fully saturated rings. The summed E-state index contributed by atoms with van der Waals surface area (Å²) in [6.07, 6.45) is 1.41. The van der Waals surface area contributed by atoms with Crippen LogP contribution in [0.3, 0.4) is 0 Å². The standard InChI is InChI=1S/C8H21N6O4P/c9-7(10)13-5-3-1-2-4-6(14-8(11)12)18-19(15,16)17/h6H,1-5H2,(H4,9,10,13)(H4,11,12,14)(H2,15,16,17). The summed E-state index contributed by atoms with van der Waals surface area (Å²) in [5.41, 5.74) is 10.2. The van der Waals surface area contributed by atoms with E-state index >= 15 is 0 Å². The number of phosphoric ester groups is 1. The summed E-state index contributed by atoms with van der Waals surface area (Å²) >= 11 is 0. The SMILES string of the molecule is N=C(N)NCCCCCC(NC(=N)N)OP(=O)(O)O. The van der Waals surface area contributed by atoms with Crippen LogP contribution in [0, 0.1) is 10.8 Å². The zero-order valence-electron chi connectivity index (χ0n) is 10.4. The van der Waals surface area contributed by atoms with Crippen molar-refractivity contribution in [3.8, 4) is 0 Å². The summed E-state index contributed by atoms with van der Waals surface area (Å²) in [5.74, 6) is -0.516. The molecule has 1 atom stereocenters. The minimum atomic E-state index is -4.62. The van der Waals surface area contributed by atoms with Gasteiger partial charge >= 0.3 is 7.82 Å². The molecule has 0 bridgehead atoms. The summed E-state index contributed by atoms with van der Waals surface area (Å²) in [5, 5.41) is 18.9. The molecule has 1 unspecified atom stereocenters. The van der Waals surface area contributed by atoms with E-state index in [-0.39, 0.29) is 5.96 Å². The minimum Gasteiger partial charge on any atom is -0.370 e. The molecule has 0 aromatic carbocycles. The van der Waals surface area contributed by atoms with Crippen molar-refractivity contribution in [1.82, 2.24) is 10.6 Å². The van der Waals surface area contributed by atoms with Crippen molar-refractivity contribution < 1.29 is 18.9 Å². The van der Waals surface area contributed by atoms with Gasteiger partial charge in [0, 0.05) is 6.54 Å². The smallest absolute Gasteiger partial charge is 0.370 e. The van der Waals surface area contributed by atoms with E-state index < -0.39 is 20.0 Å². The van der Waals surface area contributed by atoms with Crippen molar-refractivity contribution in [2.24, 2.45) is 11.5 Å². The van der Waals surface area contributed by atoms with E-state index in [9.17, 15) is 4.57 Å². The molecule has 0 aromatic rings.